The average molecular weight is 360 g/mol. The molecule has 0 atom stereocenters. The molecule has 0 aliphatic carbocycles. The lowest BCUT2D eigenvalue weighted by Gasteiger charge is -2.22. The Labute approximate surface area is 149 Å². The van der Waals surface area contributed by atoms with Gasteiger partial charge in [0.1, 0.15) is 0 Å². The zero-order chi connectivity index (χ0) is 18.3. The summed E-state index contributed by atoms with van der Waals surface area (Å²) < 4.78 is 25.7. The second kappa shape index (κ2) is 8.67. The predicted molar refractivity (Wildman–Crippen MR) is 101 cm³/mol. The summed E-state index contributed by atoms with van der Waals surface area (Å²) in [5.74, 6) is -0.144. The van der Waals surface area contributed by atoms with E-state index in [0.717, 1.165) is 18.4 Å². The standard InChI is InChI=1S/C19H24N2O3S/c1-3-4-14-20-19(22)17-10-12-18(13-11-17)21(25(2,23)24)15-16-8-6-5-7-9-16/h5-13H,3-4,14-15H2,1-2H3,(H,20,22). The fourth-order valence-corrected chi connectivity index (χ4v) is 3.30. The molecule has 2 aromatic carbocycles. The molecule has 0 unspecified atom stereocenters. The lowest BCUT2D eigenvalue weighted by Crippen LogP contribution is -2.29. The second-order valence-electron chi connectivity index (χ2n) is 5.91. The topological polar surface area (TPSA) is 66.5 Å². The summed E-state index contributed by atoms with van der Waals surface area (Å²) in [5.41, 5.74) is 1.96. The van der Waals surface area contributed by atoms with Crippen molar-refractivity contribution in [2.75, 3.05) is 17.1 Å². The van der Waals surface area contributed by atoms with Crippen molar-refractivity contribution in [2.24, 2.45) is 0 Å². The van der Waals surface area contributed by atoms with E-state index in [1.807, 2.05) is 30.3 Å². The molecule has 0 fully saturated rings. The summed E-state index contributed by atoms with van der Waals surface area (Å²) in [5, 5.41) is 2.85. The quantitative estimate of drug-likeness (QED) is 0.735. The van der Waals surface area contributed by atoms with Gasteiger partial charge in [0.25, 0.3) is 5.91 Å². The number of benzene rings is 2. The van der Waals surface area contributed by atoms with Crippen LogP contribution in [0.5, 0.6) is 0 Å². The molecular weight excluding hydrogens is 336 g/mol. The molecule has 0 radical (unpaired) electrons. The van der Waals surface area contributed by atoms with Gasteiger partial charge in [-0.05, 0) is 36.2 Å². The van der Waals surface area contributed by atoms with Crippen molar-refractivity contribution >= 4 is 21.6 Å². The molecule has 0 saturated carbocycles. The van der Waals surface area contributed by atoms with Crippen molar-refractivity contribution < 1.29 is 13.2 Å². The number of sulfonamides is 1. The highest BCUT2D eigenvalue weighted by atomic mass is 32.2. The predicted octanol–water partition coefficient (Wildman–Crippen LogP) is 3.18. The number of hydrogen-bond acceptors (Lipinski definition) is 3. The van der Waals surface area contributed by atoms with E-state index < -0.39 is 10.0 Å². The molecule has 134 valence electrons. The Morgan fingerprint density at radius 2 is 1.68 bits per heavy atom. The Bertz CT molecular complexity index is 787. The van der Waals surface area contributed by atoms with Crippen LogP contribution < -0.4 is 9.62 Å². The van der Waals surface area contributed by atoms with Crippen LogP contribution >= 0.6 is 0 Å². The smallest absolute Gasteiger partial charge is 0.251 e. The molecule has 0 aromatic heterocycles. The highest BCUT2D eigenvalue weighted by Crippen LogP contribution is 2.21. The first-order chi connectivity index (χ1) is 11.9. The Morgan fingerprint density at radius 3 is 2.24 bits per heavy atom. The number of nitrogens with zero attached hydrogens (tertiary/aromatic N) is 1. The molecular formula is C19H24N2O3S. The molecule has 0 bridgehead atoms. The van der Waals surface area contributed by atoms with Crippen LogP contribution in [0.3, 0.4) is 0 Å². The van der Waals surface area contributed by atoms with E-state index in [1.165, 1.54) is 10.6 Å². The van der Waals surface area contributed by atoms with E-state index in [4.69, 9.17) is 0 Å². The van der Waals surface area contributed by atoms with Crippen molar-refractivity contribution in [3.63, 3.8) is 0 Å². The molecule has 2 rings (SSSR count). The van der Waals surface area contributed by atoms with Gasteiger partial charge in [-0.15, -0.1) is 0 Å². The number of nitrogens with one attached hydrogen (secondary N) is 1. The monoisotopic (exact) mass is 360 g/mol. The van der Waals surface area contributed by atoms with Crippen LogP contribution in [-0.4, -0.2) is 27.1 Å². The lowest BCUT2D eigenvalue weighted by molar-refractivity contribution is 0.0953. The Kier molecular flexibility index (Phi) is 6.58. The number of unbranched alkanes of at least 4 members (excludes halogenated alkanes) is 1. The first-order valence-corrected chi connectivity index (χ1v) is 10.2. The SMILES string of the molecule is CCCCNC(=O)c1ccc(N(Cc2ccccc2)S(C)(=O)=O)cc1. The van der Waals surface area contributed by atoms with Crippen LogP contribution in [0.1, 0.15) is 35.7 Å². The van der Waals surface area contributed by atoms with E-state index in [1.54, 1.807) is 24.3 Å². The van der Waals surface area contributed by atoms with Gasteiger partial charge in [0, 0.05) is 12.1 Å². The zero-order valence-corrected chi connectivity index (χ0v) is 15.4. The number of carbonyl (C=O) groups excluding carboxylic acids is 1. The summed E-state index contributed by atoms with van der Waals surface area (Å²) in [6, 6.07) is 16.0. The number of anilines is 1. The van der Waals surface area contributed by atoms with E-state index in [-0.39, 0.29) is 12.5 Å². The average Bonchev–Trinajstić information content (AvgIpc) is 2.60. The van der Waals surface area contributed by atoms with Gasteiger partial charge in [0.15, 0.2) is 0 Å². The van der Waals surface area contributed by atoms with Gasteiger partial charge in [-0.1, -0.05) is 43.7 Å². The molecule has 5 nitrogen and oxygen atoms in total. The number of amides is 1. The van der Waals surface area contributed by atoms with Gasteiger partial charge in [-0.25, -0.2) is 8.42 Å². The first-order valence-electron chi connectivity index (χ1n) is 8.31. The normalized spacial score (nSPS) is 11.1. The summed E-state index contributed by atoms with van der Waals surface area (Å²) in [6.07, 6.45) is 3.13. The number of rotatable bonds is 8. The number of hydrogen-bond donors (Lipinski definition) is 1. The zero-order valence-electron chi connectivity index (χ0n) is 14.6. The van der Waals surface area contributed by atoms with Crippen LogP contribution in [0.2, 0.25) is 0 Å². The Hall–Kier alpha value is -2.34. The van der Waals surface area contributed by atoms with Gasteiger partial charge >= 0.3 is 0 Å². The van der Waals surface area contributed by atoms with Crippen LogP contribution in [0.4, 0.5) is 5.69 Å². The third-order valence-electron chi connectivity index (χ3n) is 3.80. The van der Waals surface area contributed by atoms with Crippen molar-refractivity contribution in [2.45, 2.75) is 26.3 Å². The van der Waals surface area contributed by atoms with Crippen molar-refractivity contribution in [1.82, 2.24) is 5.32 Å². The molecule has 0 spiro atoms. The minimum absolute atomic E-state index is 0.144. The first kappa shape index (κ1) is 19.0. The summed E-state index contributed by atoms with van der Waals surface area (Å²) in [7, 11) is -3.43. The summed E-state index contributed by atoms with van der Waals surface area (Å²) >= 11 is 0. The molecule has 6 heteroatoms. The maximum atomic E-state index is 12.2. The van der Waals surface area contributed by atoms with Gasteiger partial charge in [-0.3, -0.25) is 9.10 Å². The van der Waals surface area contributed by atoms with Gasteiger partial charge in [-0.2, -0.15) is 0 Å². The highest BCUT2D eigenvalue weighted by Gasteiger charge is 2.18. The van der Waals surface area contributed by atoms with Gasteiger partial charge in [0.2, 0.25) is 10.0 Å². The Balaban J connectivity index is 2.17. The molecule has 1 amide bonds. The third kappa shape index (κ3) is 5.60. The second-order valence-corrected chi connectivity index (χ2v) is 7.82. The largest absolute Gasteiger partial charge is 0.352 e. The third-order valence-corrected chi connectivity index (χ3v) is 4.94. The molecule has 0 saturated heterocycles. The van der Waals surface area contributed by atoms with Crippen LogP contribution in [0.15, 0.2) is 54.6 Å². The lowest BCUT2D eigenvalue weighted by atomic mass is 10.1. The maximum Gasteiger partial charge on any atom is 0.251 e. The van der Waals surface area contributed by atoms with Crippen molar-refractivity contribution in [3.05, 3.63) is 65.7 Å². The van der Waals surface area contributed by atoms with Crippen molar-refractivity contribution in [1.29, 1.82) is 0 Å². The molecule has 0 aliphatic rings. The summed E-state index contributed by atoms with van der Waals surface area (Å²) in [6.45, 7) is 2.95. The molecule has 2 aromatic rings. The van der Waals surface area contributed by atoms with E-state index in [2.05, 4.69) is 12.2 Å². The fraction of sp³-hybridized carbons (Fsp3) is 0.316. The minimum Gasteiger partial charge on any atom is -0.352 e. The fourth-order valence-electron chi connectivity index (χ4n) is 2.41. The summed E-state index contributed by atoms with van der Waals surface area (Å²) in [4.78, 5) is 12.0. The maximum absolute atomic E-state index is 12.2. The molecule has 0 heterocycles. The van der Waals surface area contributed by atoms with Gasteiger partial charge in [0.05, 0.1) is 18.5 Å². The number of carbonyl (C=O) groups is 1. The molecule has 1 N–H and O–H groups in total. The van der Waals surface area contributed by atoms with E-state index in [9.17, 15) is 13.2 Å². The van der Waals surface area contributed by atoms with Crippen LogP contribution in [0, 0.1) is 0 Å². The highest BCUT2D eigenvalue weighted by molar-refractivity contribution is 7.92. The van der Waals surface area contributed by atoms with Gasteiger partial charge < -0.3 is 5.32 Å². The Morgan fingerprint density at radius 1 is 1.04 bits per heavy atom. The van der Waals surface area contributed by atoms with Crippen LogP contribution in [-0.2, 0) is 16.6 Å². The van der Waals surface area contributed by atoms with E-state index >= 15 is 0 Å². The van der Waals surface area contributed by atoms with E-state index in [0.29, 0.717) is 17.8 Å². The van der Waals surface area contributed by atoms with Crippen LogP contribution in [0.25, 0.3) is 0 Å². The minimum atomic E-state index is -3.43. The van der Waals surface area contributed by atoms with Crippen molar-refractivity contribution in [3.8, 4) is 0 Å². The molecule has 0 aliphatic heterocycles. The molecule has 25 heavy (non-hydrogen) atoms.